The number of nitrogens with one attached hydrogen (secondary N) is 1. The van der Waals surface area contributed by atoms with E-state index in [4.69, 9.17) is 21.1 Å². The molecule has 8 heteroatoms. The lowest BCUT2D eigenvalue weighted by molar-refractivity contribution is -0.149. The Hall–Kier alpha value is -2.93. The number of hydrogen-bond donors (Lipinski definition) is 1. The molecule has 0 aliphatic heterocycles. The molecule has 2 aromatic rings. The van der Waals surface area contributed by atoms with Gasteiger partial charge in [0.1, 0.15) is 6.10 Å². The minimum Gasteiger partial charge on any atom is -0.474 e. The SMILES string of the molecule is CCOC(=O)C1CCC(Oc2ccc(C(=O)CCCNC(=O)c3ccc(C4CC4)c(Cl)c3)cn2)CC1. The molecule has 1 amide bonds. The quantitative estimate of drug-likeness (QED) is 0.242. The molecule has 0 atom stereocenters. The zero-order valence-electron chi connectivity index (χ0n) is 20.6. The van der Waals surface area contributed by atoms with Crippen LogP contribution in [0.2, 0.25) is 5.02 Å². The molecular formula is C28H33ClN2O5. The number of pyridine rings is 1. The van der Waals surface area contributed by atoms with Crippen molar-refractivity contribution in [2.75, 3.05) is 13.2 Å². The van der Waals surface area contributed by atoms with E-state index in [0.717, 1.165) is 44.1 Å². The lowest BCUT2D eigenvalue weighted by atomic mass is 9.87. The van der Waals surface area contributed by atoms with Gasteiger partial charge in [0.2, 0.25) is 5.88 Å². The highest BCUT2D eigenvalue weighted by molar-refractivity contribution is 6.31. The lowest BCUT2D eigenvalue weighted by Gasteiger charge is -2.27. The molecule has 2 saturated carbocycles. The zero-order valence-corrected chi connectivity index (χ0v) is 21.4. The molecule has 2 fully saturated rings. The first-order valence-corrected chi connectivity index (χ1v) is 13.2. The van der Waals surface area contributed by atoms with E-state index < -0.39 is 0 Å². The highest BCUT2D eigenvalue weighted by atomic mass is 35.5. The van der Waals surface area contributed by atoms with Crippen molar-refractivity contribution in [1.29, 1.82) is 0 Å². The molecule has 0 radical (unpaired) electrons. The van der Waals surface area contributed by atoms with Crippen molar-refractivity contribution in [2.45, 2.75) is 70.3 Å². The Morgan fingerprint density at radius 3 is 2.42 bits per heavy atom. The topological polar surface area (TPSA) is 94.6 Å². The second kappa shape index (κ2) is 12.3. The predicted octanol–water partition coefficient (Wildman–Crippen LogP) is 5.51. The summed E-state index contributed by atoms with van der Waals surface area (Å²) in [5, 5.41) is 3.50. The average Bonchev–Trinajstić information content (AvgIpc) is 3.73. The summed E-state index contributed by atoms with van der Waals surface area (Å²) in [6.45, 7) is 2.62. The van der Waals surface area contributed by atoms with Crippen molar-refractivity contribution in [3.63, 3.8) is 0 Å². The molecule has 0 bridgehead atoms. The normalized spacial score (nSPS) is 19.4. The lowest BCUT2D eigenvalue weighted by Crippen LogP contribution is -2.29. The second-order valence-corrected chi connectivity index (χ2v) is 9.93. The number of aromatic nitrogens is 1. The maximum Gasteiger partial charge on any atom is 0.308 e. The number of Topliss-reactive ketones (excluding diaryl/α,β-unsaturated/α-hetero) is 1. The number of carbonyl (C=O) groups is 3. The van der Waals surface area contributed by atoms with Crippen LogP contribution in [0.5, 0.6) is 5.88 Å². The van der Waals surface area contributed by atoms with E-state index >= 15 is 0 Å². The molecular weight excluding hydrogens is 480 g/mol. The van der Waals surface area contributed by atoms with Crippen LogP contribution < -0.4 is 10.1 Å². The fourth-order valence-corrected chi connectivity index (χ4v) is 4.89. The number of carbonyl (C=O) groups excluding carboxylic acids is 3. The van der Waals surface area contributed by atoms with Gasteiger partial charge < -0.3 is 14.8 Å². The van der Waals surface area contributed by atoms with Crippen molar-refractivity contribution in [1.82, 2.24) is 10.3 Å². The molecule has 1 heterocycles. The molecule has 4 rings (SSSR count). The first-order valence-electron chi connectivity index (χ1n) is 12.8. The average molecular weight is 513 g/mol. The van der Waals surface area contributed by atoms with Gasteiger partial charge in [-0.15, -0.1) is 0 Å². The van der Waals surface area contributed by atoms with Gasteiger partial charge in [0.05, 0.1) is 12.5 Å². The van der Waals surface area contributed by atoms with Crippen LogP contribution in [-0.4, -0.2) is 41.9 Å². The van der Waals surface area contributed by atoms with Crippen molar-refractivity contribution >= 4 is 29.3 Å². The van der Waals surface area contributed by atoms with Crippen LogP contribution >= 0.6 is 11.6 Å². The van der Waals surface area contributed by atoms with E-state index in [1.165, 1.54) is 6.20 Å². The molecule has 0 spiro atoms. The summed E-state index contributed by atoms with van der Waals surface area (Å²) >= 11 is 6.32. The highest BCUT2D eigenvalue weighted by Crippen LogP contribution is 2.43. The molecule has 0 saturated heterocycles. The Bertz CT molecular complexity index is 1080. The number of benzene rings is 1. The summed E-state index contributed by atoms with van der Waals surface area (Å²) in [7, 11) is 0. The summed E-state index contributed by atoms with van der Waals surface area (Å²) in [4.78, 5) is 41.1. The third kappa shape index (κ3) is 7.06. The Balaban J connectivity index is 1.16. The summed E-state index contributed by atoms with van der Waals surface area (Å²) in [5.74, 6) is 0.621. The number of amides is 1. The Kier molecular flexibility index (Phi) is 8.97. The van der Waals surface area contributed by atoms with Crippen LogP contribution in [0.3, 0.4) is 0 Å². The predicted molar refractivity (Wildman–Crippen MR) is 137 cm³/mol. The maximum atomic E-state index is 12.5. The van der Waals surface area contributed by atoms with Crippen LogP contribution in [0.25, 0.3) is 0 Å². The van der Waals surface area contributed by atoms with Gasteiger partial charge in [0.15, 0.2) is 5.78 Å². The number of ketones is 1. The number of esters is 1. The van der Waals surface area contributed by atoms with Gasteiger partial charge in [0, 0.05) is 41.4 Å². The summed E-state index contributed by atoms with van der Waals surface area (Å²) in [5.41, 5.74) is 2.16. The minimum atomic E-state index is -0.189. The molecule has 2 aliphatic carbocycles. The smallest absolute Gasteiger partial charge is 0.308 e. The molecule has 0 unspecified atom stereocenters. The first-order chi connectivity index (χ1) is 17.4. The van der Waals surface area contributed by atoms with Crippen molar-refractivity contribution in [2.24, 2.45) is 5.92 Å². The Morgan fingerprint density at radius 1 is 1.03 bits per heavy atom. The summed E-state index contributed by atoms with van der Waals surface area (Å²) < 4.78 is 11.1. The van der Waals surface area contributed by atoms with E-state index in [-0.39, 0.29) is 29.7 Å². The molecule has 1 aromatic carbocycles. The van der Waals surface area contributed by atoms with Crippen LogP contribution in [0.1, 0.15) is 90.5 Å². The van der Waals surface area contributed by atoms with Gasteiger partial charge in [-0.25, -0.2) is 4.98 Å². The van der Waals surface area contributed by atoms with Crippen molar-refractivity contribution < 1.29 is 23.9 Å². The number of rotatable bonds is 11. The van der Waals surface area contributed by atoms with E-state index in [1.807, 2.05) is 13.0 Å². The van der Waals surface area contributed by atoms with Crippen LogP contribution in [0.15, 0.2) is 36.5 Å². The van der Waals surface area contributed by atoms with E-state index in [2.05, 4.69) is 10.3 Å². The zero-order chi connectivity index (χ0) is 25.5. The second-order valence-electron chi connectivity index (χ2n) is 9.52. The largest absolute Gasteiger partial charge is 0.474 e. The van der Waals surface area contributed by atoms with Crippen LogP contribution in [0.4, 0.5) is 0 Å². The number of halogens is 1. The Labute approximate surface area is 216 Å². The van der Waals surface area contributed by atoms with E-state index in [0.29, 0.717) is 53.9 Å². The van der Waals surface area contributed by atoms with Gasteiger partial charge in [-0.05, 0) is 81.5 Å². The molecule has 1 N–H and O–H groups in total. The summed E-state index contributed by atoms with van der Waals surface area (Å²) in [6, 6.07) is 8.89. The number of hydrogen-bond acceptors (Lipinski definition) is 6. The van der Waals surface area contributed by atoms with Gasteiger partial charge >= 0.3 is 5.97 Å². The number of nitrogens with zero attached hydrogens (tertiary/aromatic N) is 1. The third-order valence-corrected chi connectivity index (χ3v) is 7.11. The van der Waals surface area contributed by atoms with Crippen molar-refractivity contribution in [3.05, 3.63) is 58.2 Å². The fraction of sp³-hybridized carbons (Fsp3) is 0.500. The first kappa shape index (κ1) is 26.1. The maximum absolute atomic E-state index is 12.5. The van der Waals surface area contributed by atoms with Gasteiger partial charge in [0.25, 0.3) is 5.91 Å². The van der Waals surface area contributed by atoms with Crippen LogP contribution in [-0.2, 0) is 9.53 Å². The Morgan fingerprint density at radius 2 is 1.78 bits per heavy atom. The fourth-order valence-electron chi connectivity index (χ4n) is 4.55. The molecule has 7 nitrogen and oxygen atoms in total. The molecule has 1 aromatic heterocycles. The van der Waals surface area contributed by atoms with E-state index in [1.54, 1.807) is 24.3 Å². The van der Waals surface area contributed by atoms with Crippen molar-refractivity contribution in [3.8, 4) is 5.88 Å². The highest BCUT2D eigenvalue weighted by Gasteiger charge is 2.28. The van der Waals surface area contributed by atoms with Gasteiger partial charge in [-0.2, -0.15) is 0 Å². The third-order valence-electron chi connectivity index (χ3n) is 6.79. The minimum absolute atomic E-state index is 0.00753. The molecule has 192 valence electrons. The van der Waals surface area contributed by atoms with Gasteiger partial charge in [-0.1, -0.05) is 17.7 Å². The van der Waals surface area contributed by atoms with E-state index in [9.17, 15) is 14.4 Å². The molecule has 2 aliphatic rings. The van der Waals surface area contributed by atoms with Gasteiger partial charge in [-0.3, -0.25) is 14.4 Å². The standard InChI is InChI=1S/C28H33ClN2O5/c1-2-35-28(34)19-7-11-22(12-8-19)36-26-14-10-21(17-31-26)25(32)4-3-15-30-27(33)20-9-13-23(18-5-6-18)24(29)16-20/h9-10,13-14,16-19,22H,2-8,11-12,15H2,1H3,(H,30,33). The summed E-state index contributed by atoms with van der Waals surface area (Å²) in [6.07, 6.45) is 7.72. The number of ether oxygens (including phenoxy) is 2. The molecule has 36 heavy (non-hydrogen) atoms. The van der Waals surface area contributed by atoms with Crippen LogP contribution in [0, 0.1) is 5.92 Å². The monoisotopic (exact) mass is 512 g/mol.